The Kier molecular flexibility index (Phi) is 8.07. The molecule has 0 fully saturated rings. The predicted octanol–water partition coefficient (Wildman–Crippen LogP) is 4.87. The van der Waals surface area contributed by atoms with Gasteiger partial charge in [0.15, 0.2) is 10.2 Å². The second-order valence-electron chi connectivity index (χ2n) is 8.20. The summed E-state index contributed by atoms with van der Waals surface area (Å²) >= 11 is 10.7. The van der Waals surface area contributed by atoms with Crippen molar-refractivity contribution in [2.45, 2.75) is 13.1 Å². The molecule has 8 heteroatoms. The summed E-state index contributed by atoms with van der Waals surface area (Å²) in [6.07, 6.45) is 0. The molecule has 0 amide bonds. The molecule has 0 aliphatic rings. The van der Waals surface area contributed by atoms with E-state index in [1.807, 2.05) is 24.3 Å². The van der Waals surface area contributed by atoms with Crippen LogP contribution in [0.3, 0.4) is 0 Å². The van der Waals surface area contributed by atoms with Crippen LogP contribution in [0.5, 0.6) is 11.5 Å². The van der Waals surface area contributed by atoms with Crippen molar-refractivity contribution in [2.75, 3.05) is 28.3 Å². The van der Waals surface area contributed by atoms with Crippen molar-refractivity contribution in [3.05, 3.63) is 71.8 Å². The number of hydrogen-bond acceptors (Lipinski definition) is 4. The van der Waals surface area contributed by atoms with Crippen LogP contribution in [-0.2, 0) is 13.1 Å². The highest BCUT2D eigenvalue weighted by atomic mass is 32.1. The molecule has 0 unspecified atom stereocenters. The maximum atomic E-state index is 6.10. The van der Waals surface area contributed by atoms with Crippen molar-refractivity contribution < 1.29 is 9.47 Å². The van der Waals surface area contributed by atoms with Crippen molar-refractivity contribution in [2.24, 2.45) is 0 Å². The minimum atomic E-state index is 0.513. The van der Waals surface area contributed by atoms with Crippen LogP contribution in [0.15, 0.2) is 60.7 Å². The highest BCUT2D eigenvalue weighted by molar-refractivity contribution is 7.80. The molecule has 0 atom stereocenters. The zero-order valence-corrected chi connectivity index (χ0v) is 22.5. The Hall–Kier alpha value is -3.62. The lowest BCUT2D eigenvalue weighted by Gasteiger charge is -2.23. The average molecular weight is 519 g/mol. The van der Waals surface area contributed by atoms with Crippen LogP contribution < -0.4 is 30.7 Å². The van der Waals surface area contributed by atoms with E-state index >= 15 is 0 Å². The SMILES string of the molecule is CNC(=S)NCc1cc2ccccc2c(-c2c(OC)c(CNC(=S)NC)cc3ccccc23)c1OC. The van der Waals surface area contributed by atoms with Crippen molar-refractivity contribution in [1.29, 1.82) is 0 Å². The van der Waals surface area contributed by atoms with E-state index in [-0.39, 0.29) is 0 Å². The van der Waals surface area contributed by atoms with E-state index < -0.39 is 0 Å². The van der Waals surface area contributed by atoms with Crippen molar-refractivity contribution in [3.63, 3.8) is 0 Å². The largest absolute Gasteiger partial charge is 0.496 e. The molecule has 6 nitrogen and oxygen atoms in total. The van der Waals surface area contributed by atoms with Gasteiger partial charge in [0.2, 0.25) is 0 Å². The average Bonchev–Trinajstić information content (AvgIpc) is 2.92. The maximum absolute atomic E-state index is 6.10. The van der Waals surface area contributed by atoms with Crippen molar-refractivity contribution in [3.8, 4) is 22.6 Å². The predicted molar refractivity (Wildman–Crippen MR) is 157 cm³/mol. The van der Waals surface area contributed by atoms with Gasteiger partial charge in [0, 0.05) is 49.4 Å². The number of fused-ring (bicyclic) bond motifs is 2. The van der Waals surface area contributed by atoms with E-state index in [2.05, 4.69) is 57.7 Å². The zero-order chi connectivity index (χ0) is 25.7. The van der Waals surface area contributed by atoms with Gasteiger partial charge < -0.3 is 30.7 Å². The number of methoxy groups -OCH3 is 2. The molecule has 4 aromatic carbocycles. The summed E-state index contributed by atoms with van der Waals surface area (Å²) in [5, 5.41) is 18.0. The van der Waals surface area contributed by atoms with Crippen LogP contribution in [0.25, 0.3) is 32.7 Å². The molecule has 0 aliphatic heterocycles. The fourth-order valence-electron chi connectivity index (χ4n) is 4.53. The Balaban J connectivity index is 2.06. The van der Waals surface area contributed by atoms with E-state index in [4.69, 9.17) is 33.9 Å². The fraction of sp³-hybridized carbons (Fsp3) is 0.214. The second kappa shape index (κ2) is 11.4. The minimum Gasteiger partial charge on any atom is -0.496 e. The van der Waals surface area contributed by atoms with Crippen LogP contribution in [-0.4, -0.2) is 38.5 Å². The second-order valence-corrected chi connectivity index (χ2v) is 9.01. The van der Waals surface area contributed by atoms with Crippen molar-refractivity contribution >= 4 is 56.2 Å². The molecule has 0 aromatic heterocycles. The molecular formula is C28H30N4O2S2. The number of hydrogen-bond donors (Lipinski definition) is 4. The summed E-state index contributed by atoms with van der Waals surface area (Å²) in [5.74, 6) is 1.55. The number of nitrogens with one attached hydrogen (secondary N) is 4. The zero-order valence-electron chi connectivity index (χ0n) is 20.8. The highest BCUT2D eigenvalue weighted by Crippen LogP contribution is 2.48. The van der Waals surface area contributed by atoms with Gasteiger partial charge in [-0.3, -0.25) is 0 Å². The van der Waals surface area contributed by atoms with Gasteiger partial charge in [0.1, 0.15) is 11.5 Å². The first-order valence-electron chi connectivity index (χ1n) is 11.6. The summed E-state index contributed by atoms with van der Waals surface area (Å²) in [6, 6.07) is 21.0. The molecule has 4 rings (SSSR count). The van der Waals surface area contributed by atoms with Crippen LogP contribution in [0.2, 0.25) is 0 Å². The summed E-state index contributed by atoms with van der Waals surface area (Å²) in [7, 11) is 7.02. The molecule has 186 valence electrons. The molecule has 36 heavy (non-hydrogen) atoms. The molecule has 4 aromatic rings. The fourth-order valence-corrected chi connectivity index (χ4v) is 4.67. The number of rotatable bonds is 7. The molecule has 0 bridgehead atoms. The van der Waals surface area contributed by atoms with E-state index in [9.17, 15) is 0 Å². The Labute approximate surface area is 222 Å². The van der Waals surface area contributed by atoms with Crippen LogP contribution in [0.1, 0.15) is 11.1 Å². The van der Waals surface area contributed by atoms with Crippen LogP contribution >= 0.6 is 24.4 Å². The lowest BCUT2D eigenvalue weighted by Crippen LogP contribution is -2.32. The quantitative estimate of drug-likeness (QED) is 0.259. The van der Waals surface area contributed by atoms with E-state index in [1.165, 1.54) is 0 Å². The first-order chi connectivity index (χ1) is 17.5. The van der Waals surface area contributed by atoms with Gasteiger partial charge in [-0.05, 0) is 58.1 Å². The third-order valence-electron chi connectivity index (χ3n) is 6.15. The van der Waals surface area contributed by atoms with E-state index in [1.54, 1.807) is 28.3 Å². The van der Waals surface area contributed by atoms with Gasteiger partial charge in [-0.15, -0.1) is 0 Å². The van der Waals surface area contributed by atoms with Gasteiger partial charge in [0.05, 0.1) is 14.2 Å². The monoisotopic (exact) mass is 518 g/mol. The summed E-state index contributed by atoms with van der Waals surface area (Å²) in [6.45, 7) is 1.03. The topological polar surface area (TPSA) is 66.6 Å². The van der Waals surface area contributed by atoms with Crippen LogP contribution in [0, 0.1) is 0 Å². The molecule has 0 radical (unpaired) electrons. The van der Waals surface area contributed by atoms with E-state index in [0.717, 1.165) is 55.3 Å². The third kappa shape index (κ3) is 5.01. The highest BCUT2D eigenvalue weighted by Gasteiger charge is 2.23. The lowest BCUT2D eigenvalue weighted by molar-refractivity contribution is 0.405. The first kappa shape index (κ1) is 25.5. The molecule has 0 saturated heterocycles. The number of ether oxygens (including phenoxy) is 2. The molecule has 0 heterocycles. The van der Waals surface area contributed by atoms with Gasteiger partial charge in [-0.25, -0.2) is 0 Å². The van der Waals surface area contributed by atoms with Crippen molar-refractivity contribution in [1.82, 2.24) is 21.3 Å². The molecule has 0 aliphatic carbocycles. The normalized spacial score (nSPS) is 10.7. The van der Waals surface area contributed by atoms with Gasteiger partial charge in [-0.1, -0.05) is 48.5 Å². The molecule has 0 saturated carbocycles. The summed E-state index contributed by atoms with van der Waals surface area (Å²) in [4.78, 5) is 0. The smallest absolute Gasteiger partial charge is 0.166 e. The van der Waals surface area contributed by atoms with Gasteiger partial charge in [0.25, 0.3) is 0 Å². The Morgan fingerprint density at radius 1 is 0.667 bits per heavy atom. The lowest BCUT2D eigenvalue weighted by atomic mass is 9.88. The van der Waals surface area contributed by atoms with Crippen LogP contribution in [0.4, 0.5) is 0 Å². The number of benzene rings is 4. The first-order valence-corrected chi connectivity index (χ1v) is 12.4. The molecule has 4 N–H and O–H groups in total. The number of thiocarbonyl (C=S) groups is 2. The van der Waals surface area contributed by atoms with Gasteiger partial charge in [-0.2, -0.15) is 0 Å². The summed E-state index contributed by atoms with van der Waals surface area (Å²) in [5.41, 5.74) is 3.95. The summed E-state index contributed by atoms with van der Waals surface area (Å²) < 4.78 is 12.2. The molecular weight excluding hydrogens is 488 g/mol. The Bertz CT molecular complexity index is 1330. The third-order valence-corrected chi connectivity index (χ3v) is 6.85. The van der Waals surface area contributed by atoms with Gasteiger partial charge >= 0.3 is 0 Å². The molecule has 0 spiro atoms. The maximum Gasteiger partial charge on any atom is 0.166 e. The van der Waals surface area contributed by atoms with E-state index in [0.29, 0.717) is 23.3 Å². The minimum absolute atomic E-state index is 0.513. The Morgan fingerprint density at radius 2 is 1.06 bits per heavy atom. The Morgan fingerprint density at radius 3 is 1.42 bits per heavy atom. The standard InChI is InChI=1S/C28H30N4O2S2/c1-29-27(35)31-15-19-13-17-9-5-7-11-21(17)23(25(19)33-3)24-22-12-8-6-10-18(22)14-20(26(24)34-4)16-32-28(36)30-2/h5-14H,15-16H2,1-4H3,(H2,29,31,35)(H2,30,32,36).